The minimum absolute atomic E-state index is 0. The second-order valence-electron chi connectivity index (χ2n) is 9.54. The Morgan fingerprint density at radius 2 is 0.913 bits per heavy atom. The Labute approximate surface area is 284 Å². The second-order valence-corrected chi connectivity index (χ2v) is 9.80. The third-order valence-electron chi connectivity index (χ3n) is 6.54. The molecule has 0 atom stereocenters. The van der Waals surface area contributed by atoms with Gasteiger partial charge in [0.05, 0.1) is 59.2 Å². The van der Waals surface area contributed by atoms with Gasteiger partial charge in [0, 0.05) is 39.2 Å². The van der Waals surface area contributed by atoms with E-state index in [4.69, 9.17) is 16.1 Å². The number of hydrogen-bond acceptors (Lipinski definition) is 10. The van der Waals surface area contributed by atoms with Crippen LogP contribution in [0.3, 0.4) is 0 Å². The first-order valence-electron chi connectivity index (χ1n) is 13.6. The Hall–Kier alpha value is -4.67. The van der Waals surface area contributed by atoms with Crippen molar-refractivity contribution >= 4 is 33.7 Å². The quantitative estimate of drug-likeness (QED) is 0.147. The summed E-state index contributed by atoms with van der Waals surface area (Å²) in [6.07, 6.45) is 0. The van der Waals surface area contributed by atoms with Crippen LogP contribution in [0.4, 0.5) is 0 Å². The number of methoxy groups -OCH3 is 2. The fraction of sp³-hybridized carbons (Fsp3) is 0.118. The fourth-order valence-electron chi connectivity index (χ4n) is 4.54. The van der Waals surface area contributed by atoms with Gasteiger partial charge in [-0.15, -0.1) is 0 Å². The van der Waals surface area contributed by atoms with Crippen LogP contribution in [0.15, 0.2) is 97.1 Å². The molecular formula is C34H28CuN4O6Ti. The summed E-state index contributed by atoms with van der Waals surface area (Å²) in [7, 11) is 2.67. The number of pyridine rings is 4. The van der Waals surface area contributed by atoms with Crippen LogP contribution < -0.4 is 0 Å². The van der Waals surface area contributed by atoms with Crippen molar-refractivity contribution in [2.45, 2.75) is 13.8 Å². The first-order chi connectivity index (χ1) is 21.8. The van der Waals surface area contributed by atoms with Crippen molar-refractivity contribution in [3.63, 3.8) is 0 Å². The van der Waals surface area contributed by atoms with E-state index in [0.29, 0.717) is 44.3 Å². The number of fused-ring (bicyclic) bond motifs is 2. The number of benzene rings is 2. The fourth-order valence-corrected chi connectivity index (χ4v) is 4.54. The molecule has 0 fully saturated rings. The van der Waals surface area contributed by atoms with Crippen molar-refractivity contribution in [2.75, 3.05) is 14.2 Å². The zero-order chi connectivity index (χ0) is 32.3. The molecule has 0 amide bonds. The first kappa shape index (κ1) is 35.8. The molecule has 10 nitrogen and oxygen atoms in total. The van der Waals surface area contributed by atoms with Gasteiger partial charge in [0.2, 0.25) is 0 Å². The van der Waals surface area contributed by atoms with Crippen LogP contribution in [-0.2, 0) is 52.3 Å². The Morgan fingerprint density at radius 1 is 0.543 bits per heavy atom. The molecule has 6 rings (SSSR count). The summed E-state index contributed by atoms with van der Waals surface area (Å²) in [5, 5.41) is 1.37. The molecule has 0 saturated carbocycles. The molecule has 0 bridgehead atoms. The van der Waals surface area contributed by atoms with Gasteiger partial charge in [-0.3, -0.25) is 9.97 Å². The van der Waals surface area contributed by atoms with Gasteiger partial charge in [-0.1, -0.05) is 48.5 Å². The Kier molecular flexibility index (Phi) is 13.3. The van der Waals surface area contributed by atoms with Crippen molar-refractivity contribution in [3.05, 3.63) is 120 Å². The monoisotopic (exact) mass is 699 g/mol. The van der Waals surface area contributed by atoms with Gasteiger partial charge in [0.25, 0.3) is 0 Å². The molecule has 12 heteroatoms. The summed E-state index contributed by atoms with van der Waals surface area (Å²) in [5.41, 5.74) is 6.89. The Balaban J connectivity index is 0.000000268. The number of aryl methyl sites for hydroxylation is 2. The molecule has 0 aliphatic rings. The number of ether oxygens (including phenoxy) is 2. The maximum atomic E-state index is 12.3. The van der Waals surface area contributed by atoms with E-state index in [-0.39, 0.29) is 17.1 Å². The van der Waals surface area contributed by atoms with Crippen molar-refractivity contribution in [3.8, 4) is 22.8 Å². The zero-order valence-electron chi connectivity index (χ0n) is 25.3. The molecule has 0 N–H and O–H groups in total. The van der Waals surface area contributed by atoms with Crippen molar-refractivity contribution in [1.29, 1.82) is 0 Å². The van der Waals surface area contributed by atoms with Crippen LogP contribution in [0.25, 0.3) is 44.6 Å². The van der Waals surface area contributed by atoms with Crippen LogP contribution in [0, 0.1) is 13.8 Å². The van der Waals surface area contributed by atoms with Crippen LogP contribution >= 0.6 is 0 Å². The van der Waals surface area contributed by atoms with E-state index in [9.17, 15) is 9.59 Å². The molecule has 0 saturated heterocycles. The average Bonchev–Trinajstić information content (AvgIpc) is 3.07. The van der Waals surface area contributed by atoms with E-state index in [1.807, 2.05) is 98.8 Å². The summed E-state index contributed by atoms with van der Waals surface area (Å²) >= 11 is -2.00. The number of para-hydroxylation sites is 2. The molecule has 0 aliphatic heterocycles. The molecule has 0 unspecified atom stereocenters. The summed E-state index contributed by atoms with van der Waals surface area (Å²) in [4.78, 5) is 42.7. The molecule has 46 heavy (non-hydrogen) atoms. The van der Waals surface area contributed by atoms with E-state index in [0.717, 1.165) is 22.8 Å². The van der Waals surface area contributed by atoms with Crippen molar-refractivity contribution in [2.24, 2.45) is 0 Å². The molecule has 2 aromatic carbocycles. The van der Waals surface area contributed by atoms with Crippen LogP contribution in [0.5, 0.6) is 0 Å². The van der Waals surface area contributed by atoms with Crippen molar-refractivity contribution in [1.82, 2.24) is 19.9 Å². The van der Waals surface area contributed by atoms with E-state index >= 15 is 0 Å². The van der Waals surface area contributed by atoms with Crippen LogP contribution in [-0.4, -0.2) is 46.1 Å². The van der Waals surface area contributed by atoms with Gasteiger partial charge in [-0.25, -0.2) is 19.6 Å². The molecule has 0 spiro atoms. The van der Waals surface area contributed by atoms with E-state index in [1.54, 1.807) is 12.1 Å². The third kappa shape index (κ3) is 8.74. The van der Waals surface area contributed by atoms with Crippen LogP contribution in [0.2, 0.25) is 0 Å². The maximum absolute atomic E-state index is 12.3. The first-order valence-corrected chi connectivity index (χ1v) is 14.9. The summed E-state index contributed by atoms with van der Waals surface area (Å²) in [5.74, 6) is -0.928. The summed E-state index contributed by atoms with van der Waals surface area (Å²) in [6.45, 7) is 3.97. The Morgan fingerprint density at radius 3 is 1.26 bits per heavy atom. The zero-order valence-corrected chi connectivity index (χ0v) is 27.8. The normalized spacial score (nSPS) is 9.83. The predicted octanol–water partition coefficient (Wildman–Crippen LogP) is 6.54. The van der Waals surface area contributed by atoms with Crippen LogP contribution in [0.1, 0.15) is 32.1 Å². The molecule has 1 radical (unpaired) electrons. The van der Waals surface area contributed by atoms with E-state index in [2.05, 4.69) is 19.9 Å². The third-order valence-corrected chi connectivity index (χ3v) is 6.54. The van der Waals surface area contributed by atoms with Gasteiger partial charge in [-0.2, -0.15) is 0 Å². The second kappa shape index (κ2) is 17.1. The van der Waals surface area contributed by atoms with Gasteiger partial charge in [0.15, 0.2) is 0 Å². The summed E-state index contributed by atoms with van der Waals surface area (Å²) < 4.78 is 26.8. The Bertz CT molecular complexity index is 1910. The van der Waals surface area contributed by atoms with Gasteiger partial charge in [-0.05, 0) is 62.4 Å². The molecule has 0 aliphatic carbocycles. The van der Waals surface area contributed by atoms with Gasteiger partial charge in [0.1, 0.15) is 0 Å². The number of carbonyl (C=O) groups excluding carboxylic acids is 2. The number of aromatic nitrogens is 4. The molecule has 4 heterocycles. The SMILES string of the molecule is COC(=O)c1cc(-c2cc(C(=O)OC)c3ccccc3n2)nc2ccccc12.Cc1cccc(-c2cccc(C)n2)n1.[Cu].[O]=[Ti]=[O]. The topological polar surface area (TPSA) is 138 Å². The number of hydrogen-bond donors (Lipinski definition) is 0. The molecule has 6 aromatic rings. The summed E-state index contributed by atoms with van der Waals surface area (Å²) in [6, 6.07) is 29.8. The molecule has 235 valence electrons. The molecular weight excluding hydrogens is 672 g/mol. The number of carbonyl (C=O) groups is 2. The van der Waals surface area contributed by atoms with Gasteiger partial charge < -0.3 is 9.47 Å². The van der Waals surface area contributed by atoms with Gasteiger partial charge >= 0.3 is 37.7 Å². The standard InChI is InChI=1S/C22H16N2O4.C12H12N2.Cu.2O.Ti/c1-27-21(25)15-11-19(23-17-9-5-3-7-13(15)17)20-12-16(22(26)28-2)14-8-4-6-10-18(14)24-20;1-9-5-3-7-11(13-9)12-8-4-6-10(2)14-12;;;;/h3-12H,1-2H3;3-8H,1-2H3;;;;. The van der Waals surface area contributed by atoms with E-state index in [1.165, 1.54) is 14.2 Å². The van der Waals surface area contributed by atoms with Crippen molar-refractivity contribution < 1.29 is 61.9 Å². The number of nitrogens with zero attached hydrogens (tertiary/aromatic N) is 4. The number of esters is 2. The predicted molar refractivity (Wildman–Crippen MR) is 163 cm³/mol. The number of rotatable bonds is 4. The van der Waals surface area contributed by atoms with E-state index < -0.39 is 31.0 Å². The average molecular weight is 700 g/mol. The minimum atomic E-state index is -2.00. The molecule has 4 aromatic heterocycles.